The largest absolute Gasteiger partial charge is 0.350 e. The van der Waals surface area contributed by atoms with E-state index in [0.29, 0.717) is 16.0 Å². The van der Waals surface area contributed by atoms with Crippen LogP contribution in [0.4, 0.5) is 0 Å². The molecule has 0 fully saturated rings. The van der Waals surface area contributed by atoms with Crippen molar-refractivity contribution in [3.63, 3.8) is 0 Å². The predicted octanol–water partition coefficient (Wildman–Crippen LogP) is 4.59. The summed E-state index contributed by atoms with van der Waals surface area (Å²) in [7, 11) is 0. The minimum absolute atomic E-state index is 0.607. The van der Waals surface area contributed by atoms with Crippen LogP contribution in [0.3, 0.4) is 0 Å². The van der Waals surface area contributed by atoms with Gasteiger partial charge in [-0.15, -0.1) is 0 Å². The van der Waals surface area contributed by atoms with Crippen molar-refractivity contribution in [2.24, 2.45) is 5.92 Å². The highest BCUT2D eigenvalue weighted by Crippen LogP contribution is 2.26. The van der Waals surface area contributed by atoms with E-state index in [0.717, 1.165) is 25.2 Å². The normalized spacial score (nSPS) is 11.2. The number of benzene rings is 1. The zero-order valence-electron chi connectivity index (χ0n) is 11.9. The summed E-state index contributed by atoms with van der Waals surface area (Å²) < 4.78 is 2.13. The van der Waals surface area contributed by atoms with Crippen molar-refractivity contribution in [3.05, 3.63) is 57.8 Å². The van der Waals surface area contributed by atoms with Crippen molar-refractivity contribution in [2.45, 2.75) is 26.9 Å². The Bertz CT molecular complexity index is 561. The van der Waals surface area contributed by atoms with Crippen LogP contribution >= 0.6 is 23.2 Å². The van der Waals surface area contributed by atoms with Gasteiger partial charge in [-0.1, -0.05) is 49.2 Å². The summed E-state index contributed by atoms with van der Waals surface area (Å²) in [6, 6.07) is 7.87. The van der Waals surface area contributed by atoms with Gasteiger partial charge in [0.1, 0.15) is 0 Å². The van der Waals surface area contributed by atoms with Gasteiger partial charge in [0, 0.05) is 25.5 Å². The lowest BCUT2D eigenvalue weighted by Crippen LogP contribution is -2.18. The Morgan fingerprint density at radius 2 is 2.00 bits per heavy atom. The molecule has 2 aromatic rings. The number of hydrogen-bond acceptors (Lipinski definition) is 1. The number of aromatic nitrogens is 1. The van der Waals surface area contributed by atoms with E-state index < -0.39 is 0 Å². The minimum atomic E-state index is 0.607. The molecule has 0 unspecified atom stereocenters. The van der Waals surface area contributed by atoms with Gasteiger partial charge in [0.2, 0.25) is 0 Å². The van der Waals surface area contributed by atoms with E-state index in [-0.39, 0.29) is 0 Å². The number of halogens is 2. The van der Waals surface area contributed by atoms with Crippen LogP contribution in [0.25, 0.3) is 0 Å². The maximum absolute atomic E-state index is 6.21. The molecule has 0 atom stereocenters. The molecule has 0 aliphatic heterocycles. The Labute approximate surface area is 130 Å². The molecular formula is C16H20Cl2N2. The lowest BCUT2D eigenvalue weighted by Gasteiger charge is -2.07. The Hall–Kier alpha value is -0.960. The molecule has 1 heterocycles. The SMILES string of the molecule is CC(C)CNCc1ccn(Cc2cccc(Cl)c2Cl)c1. The second kappa shape index (κ2) is 7.16. The molecule has 0 aliphatic carbocycles. The molecule has 2 nitrogen and oxygen atoms in total. The first-order valence-electron chi connectivity index (χ1n) is 6.84. The van der Waals surface area contributed by atoms with Gasteiger partial charge in [0.15, 0.2) is 0 Å². The summed E-state index contributed by atoms with van der Waals surface area (Å²) in [6.45, 7) is 7.09. The van der Waals surface area contributed by atoms with Crippen molar-refractivity contribution < 1.29 is 0 Å². The molecule has 0 radical (unpaired) electrons. The van der Waals surface area contributed by atoms with Crippen LogP contribution in [-0.4, -0.2) is 11.1 Å². The molecular weight excluding hydrogens is 291 g/mol. The Morgan fingerprint density at radius 3 is 2.75 bits per heavy atom. The molecule has 2 rings (SSSR count). The summed E-state index contributed by atoms with van der Waals surface area (Å²) in [5, 5.41) is 4.69. The predicted molar refractivity (Wildman–Crippen MR) is 86.5 cm³/mol. The maximum atomic E-state index is 6.21. The molecule has 0 spiro atoms. The zero-order chi connectivity index (χ0) is 14.5. The first-order valence-corrected chi connectivity index (χ1v) is 7.60. The van der Waals surface area contributed by atoms with Gasteiger partial charge in [-0.05, 0) is 35.7 Å². The first kappa shape index (κ1) is 15.4. The quantitative estimate of drug-likeness (QED) is 0.825. The van der Waals surface area contributed by atoms with Crippen LogP contribution in [0.2, 0.25) is 10.0 Å². The van der Waals surface area contributed by atoms with E-state index in [4.69, 9.17) is 23.2 Å². The van der Waals surface area contributed by atoms with Crippen LogP contribution in [0, 0.1) is 5.92 Å². The average molecular weight is 311 g/mol. The number of rotatable bonds is 6. The highest BCUT2D eigenvalue weighted by Gasteiger charge is 2.05. The molecule has 0 saturated carbocycles. The molecule has 0 aliphatic rings. The van der Waals surface area contributed by atoms with E-state index in [1.807, 2.05) is 18.2 Å². The van der Waals surface area contributed by atoms with Crippen LogP contribution in [0.15, 0.2) is 36.7 Å². The molecule has 20 heavy (non-hydrogen) atoms. The molecule has 108 valence electrons. The number of nitrogens with zero attached hydrogens (tertiary/aromatic N) is 1. The lowest BCUT2D eigenvalue weighted by atomic mass is 10.2. The van der Waals surface area contributed by atoms with Crippen LogP contribution < -0.4 is 5.32 Å². The standard InChI is InChI=1S/C16H20Cl2N2/c1-12(2)8-19-9-13-6-7-20(10-13)11-14-4-3-5-15(17)16(14)18/h3-7,10,12,19H,8-9,11H2,1-2H3. The molecule has 0 bridgehead atoms. The Morgan fingerprint density at radius 1 is 1.20 bits per heavy atom. The van der Waals surface area contributed by atoms with Crippen molar-refractivity contribution in [2.75, 3.05) is 6.54 Å². The second-order valence-electron chi connectivity index (χ2n) is 5.43. The van der Waals surface area contributed by atoms with E-state index >= 15 is 0 Å². The number of nitrogens with one attached hydrogen (secondary N) is 1. The third-order valence-corrected chi connectivity index (χ3v) is 3.94. The van der Waals surface area contributed by atoms with Crippen molar-refractivity contribution in [3.8, 4) is 0 Å². The van der Waals surface area contributed by atoms with Crippen LogP contribution in [-0.2, 0) is 13.1 Å². The fourth-order valence-corrected chi connectivity index (χ4v) is 2.45. The molecule has 0 saturated heterocycles. The van der Waals surface area contributed by atoms with Crippen molar-refractivity contribution in [1.29, 1.82) is 0 Å². The molecule has 1 aromatic heterocycles. The van der Waals surface area contributed by atoms with Gasteiger partial charge in [-0.25, -0.2) is 0 Å². The second-order valence-corrected chi connectivity index (χ2v) is 6.21. The highest BCUT2D eigenvalue weighted by molar-refractivity contribution is 6.42. The van der Waals surface area contributed by atoms with Gasteiger partial charge in [0.05, 0.1) is 10.0 Å². The molecule has 1 aromatic carbocycles. The van der Waals surface area contributed by atoms with Gasteiger partial charge in [0.25, 0.3) is 0 Å². The summed E-state index contributed by atoms with van der Waals surface area (Å²) >= 11 is 12.2. The molecule has 1 N–H and O–H groups in total. The van der Waals surface area contributed by atoms with Gasteiger partial charge < -0.3 is 9.88 Å². The first-order chi connectivity index (χ1) is 9.56. The van der Waals surface area contributed by atoms with Crippen molar-refractivity contribution >= 4 is 23.2 Å². The number of hydrogen-bond donors (Lipinski definition) is 1. The smallest absolute Gasteiger partial charge is 0.0642 e. The van der Waals surface area contributed by atoms with E-state index in [9.17, 15) is 0 Å². The summed E-state index contributed by atoms with van der Waals surface area (Å²) in [4.78, 5) is 0. The fraction of sp³-hybridized carbons (Fsp3) is 0.375. The maximum Gasteiger partial charge on any atom is 0.0642 e. The lowest BCUT2D eigenvalue weighted by molar-refractivity contribution is 0.552. The van der Waals surface area contributed by atoms with E-state index in [1.165, 1.54) is 5.56 Å². The van der Waals surface area contributed by atoms with Gasteiger partial charge in [-0.2, -0.15) is 0 Å². The molecule has 0 amide bonds. The average Bonchev–Trinajstić information content (AvgIpc) is 2.82. The van der Waals surface area contributed by atoms with Crippen molar-refractivity contribution in [1.82, 2.24) is 9.88 Å². The fourth-order valence-electron chi connectivity index (χ4n) is 2.07. The Balaban J connectivity index is 1.97. The van der Waals surface area contributed by atoms with E-state index in [2.05, 4.69) is 42.2 Å². The highest BCUT2D eigenvalue weighted by atomic mass is 35.5. The van der Waals surface area contributed by atoms with E-state index in [1.54, 1.807) is 0 Å². The topological polar surface area (TPSA) is 17.0 Å². The van der Waals surface area contributed by atoms with Gasteiger partial charge in [-0.3, -0.25) is 0 Å². The minimum Gasteiger partial charge on any atom is -0.350 e. The Kier molecular flexibility index (Phi) is 5.53. The monoisotopic (exact) mass is 310 g/mol. The van der Waals surface area contributed by atoms with Crippen LogP contribution in [0.5, 0.6) is 0 Å². The third kappa shape index (κ3) is 4.27. The zero-order valence-corrected chi connectivity index (χ0v) is 13.4. The molecule has 4 heteroatoms. The summed E-state index contributed by atoms with van der Waals surface area (Å²) in [5.74, 6) is 0.669. The van der Waals surface area contributed by atoms with Crippen LogP contribution in [0.1, 0.15) is 25.0 Å². The summed E-state index contributed by atoms with van der Waals surface area (Å²) in [6.07, 6.45) is 4.22. The third-order valence-electron chi connectivity index (χ3n) is 3.08. The van der Waals surface area contributed by atoms with Gasteiger partial charge >= 0.3 is 0 Å². The summed E-state index contributed by atoms with van der Waals surface area (Å²) in [5.41, 5.74) is 2.32.